The average Bonchev–Trinajstić information content (AvgIpc) is 2.14. The van der Waals surface area contributed by atoms with Gasteiger partial charge in [0.05, 0.1) is 12.2 Å². The van der Waals surface area contributed by atoms with Crippen LogP contribution in [0.2, 0.25) is 0 Å². The maximum Gasteiger partial charge on any atom is 0.317 e. The molecular weight excluding hydrogens is 135 g/mol. The first-order valence-corrected chi connectivity index (χ1v) is 3.17. The summed E-state index contributed by atoms with van der Waals surface area (Å²) in [6.45, 7) is 3.03. The highest BCUT2D eigenvalue weighted by molar-refractivity contribution is 5.78. The van der Waals surface area contributed by atoms with Gasteiger partial charge in [0.25, 0.3) is 0 Å². The van der Waals surface area contributed by atoms with E-state index in [0.29, 0.717) is 5.57 Å². The Kier molecular flexibility index (Phi) is 1.74. The second-order valence-electron chi connectivity index (χ2n) is 2.39. The van der Waals surface area contributed by atoms with Crippen LogP contribution in [0.5, 0.6) is 0 Å². The predicted octanol–water partition coefficient (Wildman–Crippen LogP) is 1.42. The third-order valence-electron chi connectivity index (χ3n) is 1.62. The van der Waals surface area contributed by atoms with Gasteiger partial charge >= 0.3 is 5.97 Å². The summed E-state index contributed by atoms with van der Waals surface area (Å²) in [6.07, 6.45) is 0.124. The summed E-state index contributed by atoms with van der Waals surface area (Å²) >= 11 is 0. The standard InChI is InChI=1S/C7H9FO2/c1-4-6(5(2)8)3-10-7(4)9/h3-5H,1-2H3. The van der Waals surface area contributed by atoms with Gasteiger partial charge in [0.15, 0.2) is 0 Å². The number of cyclic esters (lactones) is 1. The Morgan fingerprint density at radius 1 is 1.80 bits per heavy atom. The lowest BCUT2D eigenvalue weighted by atomic mass is 10.0. The van der Waals surface area contributed by atoms with Crippen molar-refractivity contribution < 1.29 is 13.9 Å². The van der Waals surface area contributed by atoms with Crippen LogP contribution in [0.1, 0.15) is 13.8 Å². The first-order chi connectivity index (χ1) is 4.63. The molecule has 0 aliphatic carbocycles. The van der Waals surface area contributed by atoms with E-state index in [2.05, 4.69) is 4.74 Å². The lowest BCUT2D eigenvalue weighted by Gasteiger charge is -2.03. The quantitative estimate of drug-likeness (QED) is 0.520. The van der Waals surface area contributed by atoms with E-state index in [4.69, 9.17) is 0 Å². The number of halogens is 1. The zero-order valence-electron chi connectivity index (χ0n) is 5.93. The van der Waals surface area contributed by atoms with Gasteiger partial charge in [0.1, 0.15) is 6.17 Å². The number of esters is 1. The Labute approximate surface area is 58.7 Å². The molecule has 2 unspecified atom stereocenters. The first kappa shape index (κ1) is 7.25. The molecule has 2 nitrogen and oxygen atoms in total. The maximum atomic E-state index is 12.5. The van der Waals surface area contributed by atoms with E-state index in [-0.39, 0.29) is 5.97 Å². The van der Waals surface area contributed by atoms with Crippen molar-refractivity contribution in [2.75, 3.05) is 0 Å². The van der Waals surface area contributed by atoms with E-state index in [1.807, 2.05) is 0 Å². The molecule has 1 aliphatic rings. The van der Waals surface area contributed by atoms with Gasteiger partial charge in [-0.25, -0.2) is 4.39 Å². The van der Waals surface area contributed by atoms with Gasteiger partial charge in [-0.05, 0) is 13.8 Å². The molecular formula is C7H9FO2. The third kappa shape index (κ3) is 1.03. The van der Waals surface area contributed by atoms with Crippen LogP contribution in [0.4, 0.5) is 4.39 Å². The molecule has 0 aromatic rings. The van der Waals surface area contributed by atoms with E-state index in [1.165, 1.54) is 13.2 Å². The number of hydrogen-bond acceptors (Lipinski definition) is 2. The van der Waals surface area contributed by atoms with Crippen molar-refractivity contribution in [1.29, 1.82) is 0 Å². The number of rotatable bonds is 1. The molecule has 0 spiro atoms. The molecule has 10 heavy (non-hydrogen) atoms. The zero-order valence-corrected chi connectivity index (χ0v) is 5.93. The fourth-order valence-electron chi connectivity index (χ4n) is 0.905. The summed E-state index contributed by atoms with van der Waals surface area (Å²) < 4.78 is 17.0. The number of hydrogen-bond donors (Lipinski definition) is 0. The van der Waals surface area contributed by atoms with Crippen LogP contribution in [0.25, 0.3) is 0 Å². The molecule has 0 saturated heterocycles. The summed E-state index contributed by atoms with van der Waals surface area (Å²) in [5.74, 6) is -0.764. The second-order valence-corrected chi connectivity index (χ2v) is 2.39. The van der Waals surface area contributed by atoms with Crippen LogP contribution in [-0.4, -0.2) is 12.1 Å². The minimum Gasteiger partial charge on any atom is -0.434 e. The molecule has 0 fully saturated rings. The van der Waals surface area contributed by atoms with Gasteiger partial charge in [-0.1, -0.05) is 0 Å². The van der Waals surface area contributed by atoms with Crippen molar-refractivity contribution >= 4 is 5.97 Å². The summed E-state index contributed by atoms with van der Waals surface area (Å²) in [4.78, 5) is 10.6. The van der Waals surface area contributed by atoms with Crippen LogP contribution in [0.15, 0.2) is 11.8 Å². The van der Waals surface area contributed by atoms with Crippen LogP contribution in [0.3, 0.4) is 0 Å². The molecule has 2 atom stereocenters. The van der Waals surface area contributed by atoms with E-state index in [0.717, 1.165) is 0 Å². The Balaban J connectivity index is 2.72. The second kappa shape index (κ2) is 2.40. The summed E-state index contributed by atoms with van der Waals surface area (Å²) in [6, 6.07) is 0. The molecule has 0 bridgehead atoms. The Hall–Kier alpha value is -0.860. The summed E-state index contributed by atoms with van der Waals surface area (Å²) in [5.41, 5.74) is 0.435. The van der Waals surface area contributed by atoms with Gasteiger partial charge in [-0.15, -0.1) is 0 Å². The van der Waals surface area contributed by atoms with Gasteiger partial charge in [-0.2, -0.15) is 0 Å². The molecule has 56 valence electrons. The predicted molar refractivity (Wildman–Crippen MR) is 33.9 cm³/mol. The van der Waals surface area contributed by atoms with Crippen LogP contribution < -0.4 is 0 Å². The van der Waals surface area contributed by atoms with Crippen molar-refractivity contribution in [2.24, 2.45) is 5.92 Å². The minimum absolute atomic E-state index is 0.362. The normalized spacial score (nSPS) is 27.7. The lowest BCUT2D eigenvalue weighted by molar-refractivity contribution is -0.138. The number of carbonyl (C=O) groups excluding carboxylic acids is 1. The van der Waals surface area contributed by atoms with E-state index in [9.17, 15) is 9.18 Å². The highest BCUT2D eigenvalue weighted by Gasteiger charge is 2.28. The molecule has 0 N–H and O–H groups in total. The molecule has 0 saturated carbocycles. The van der Waals surface area contributed by atoms with Gasteiger partial charge in [0.2, 0.25) is 0 Å². The van der Waals surface area contributed by atoms with Gasteiger partial charge < -0.3 is 4.74 Å². The fourth-order valence-corrected chi connectivity index (χ4v) is 0.905. The van der Waals surface area contributed by atoms with Crippen LogP contribution >= 0.6 is 0 Å². The Morgan fingerprint density at radius 2 is 2.40 bits per heavy atom. The van der Waals surface area contributed by atoms with E-state index in [1.54, 1.807) is 6.92 Å². The highest BCUT2D eigenvalue weighted by Crippen LogP contribution is 2.24. The summed E-state index contributed by atoms with van der Waals surface area (Å²) in [5, 5.41) is 0. The Morgan fingerprint density at radius 3 is 2.60 bits per heavy atom. The molecule has 1 heterocycles. The highest BCUT2D eigenvalue weighted by atomic mass is 19.1. The van der Waals surface area contributed by atoms with Crippen molar-refractivity contribution in [3.8, 4) is 0 Å². The average molecular weight is 144 g/mol. The molecule has 0 amide bonds. The third-order valence-corrected chi connectivity index (χ3v) is 1.62. The van der Waals surface area contributed by atoms with Crippen molar-refractivity contribution in [2.45, 2.75) is 20.0 Å². The largest absolute Gasteiger partial charge is 0.434 e. The molecule has 0 radical (unpaired) electrons. The summed E-state index contributed by atoms with van der Waals surface area (Å²) in [7, 11) is 0. The molecule has 1 aliphatic heterocycles. The SMILES string of the molecule is CC(F)C1=COC(=O)C1C. The first-order valence-electron chi connectivity index (χ1n) is 3.17. The molecule has 0 aromatic carbocycles. The Bertz CT molecular complexity index is 184. The number of carbonyl (C=O) groups is 1. The van der Waals surface area contributed by atoms with E-state index >= 15 is 0 Å². The van der Waals surface area contributed by atoms with Crippen LogP contribution in [-0.2, 0) is 9.53 Å². The molecule has 1 rings (SSSR count). The van der Waals surface area contributed by atoms with Crippen molar-refractivity contribution in [1.82, 2.24) is 0 Å². The number of alkyl halides is 1. The molecule has 0 aromatic heterocycles. The smallest absolute Gasteiger partial charge is 0.317 e. The topological polar surface area (TPSA) is 26.3 Å². The van der Waals surface area contributed by atoms with E-state index < -0.39 is 12.1 Å². The maximum absolute atomic E-state index is 12.5. The van der Waals surface area contributed by atoms with Gasteiger partial charge in [-0.3, -0.25) is 4.79 Å². The van der Waals surface area contributed by atoms with Crippen molar-refractivity contribution in [3.05, 3.63) is 11.8 Å². The van der Waals surface area contributed by atoms with Crippen molar-refractivity contribution in [3.63, 3.8) is 0 Å². The number of ether oxygens (including phenoxy) is 1. The monoisotopic (exact) mass is 144 g/mol. The fraction of sp³-hybridized carbons (Fsp3) is 0.571. The lowest BCUT2D eigenvalue weighted by Crippen LogP contribution is -2.11. The van der Waals surface area contributed by atoms with Crippen LogP contribution in [0, 0.1) is 5.92 Å². The minimum atomic E-state index is -1.08. The van der Waals surface area contributed by atoms with Gasteiger partial charge in [0, 0.05) is 5.57 Å². The molecule has 3 heteroatoms. The zero-order chi connectivity index (χ0) is 7.72.